The van der Waals surface area contributed by atoms with Gasteiger partial charge in [0.05, 0.1) is 18.3 Å². The Morgan fingerprint density at radius 1 is 0.896 bits per heavy atom. The van der Waals surface area contributed by atoms with Gasteiger partial charge in [-0.2, -0.15) is 9.97 Å². The highest BCUT2D eigenvalue weighted by molar-refractivity contribution is 6.02. The molecule has 0 spiro atoms. The number of fused-ring (bicyclic) bond motifs is 6. The maximum Gasteiger partial charge on any atom is 0.319 e. The summed E-state index contributed by atoms with van der Waals surface area (Å²) < 4.78 is 68.8. The van der Waals surface area contributed by atoms with Gasteiger partial charge in [0.15, 0.2) is 17.5 Å². The van der Waals surface area contributed by atoms with Gasteiger partial charge in [0.2, 0.25) is 0 Å². The lowest BCUT2D eigenvalue weighted by Crippen LogP contribution is -2.51. The van der Waals surface area contributed by atoms with Crippen LogP contribution in [-0.2, 0) is 0 Å². The number of hydrogen-bond acceptors (Lipinski definition) is 8. The summed E-state index contributed by atoms with van der Waals surface area (Å²) in [4.78, 5) is 13.8. The number of piperazine rings is 1. The summed E-state index contributed by atoms with van der Waals surface area (Å²) in [6.45, 7) is 2.39. The largest absolute Gasteiger partial charge is 0.508 e. The number of nitrogens with one attached hydrogen (secondary N) is 1. The predicted octanol–water partition coefficient (Wildman–Crippen LogP) is 5.80. The van der Waals surface area contributed by atoms with Crippen molar-refractivity contribution in [1.82, 2.24) is 20.2 Å². The fourth-order valence-corrected chi connectivity index (χ4v) is 8.89. The molecule has 0 amide bonds. The van der Waals surface area contributed by atoms with Crippen LogP contribution in [-0.4, -0.2) is 81.6 Å². The van der Waals surface area contributed by atoms with E-state index in [1.807, 2.05) is 4.90 Å². The van der Waals surface area contributed by atoms with Crippen molar-refractivity contribution in [3.05, 3.63) is 53.6 Å². The van der Waals surface area contributed by atoms with E-state index in [-0.39, 0.29) is 62.6 Å². The molecule has 1 aromatic heterocycles. The van der Waals surface area contributed by atoms with Crippen molar-refractivity contribution < 1.29 is 32.5 Å². The van der Waals surface area contributed by atoms with E-state index < -0.39 is 28.8 Å². The number of aliphatic hydroxyl groups is 1. The monoisotopic (exact) mass is 663 g/mol. The zero-order chi connectivity index (χ0) is 32.9. The molecule has 3 aromatic carbocycles. The Balaban J connectivity index is 1.12. The van der Waals surface area contributed by atoms with E-state index >= 15 is 13.2 Å². The minimum Gasteiger partial charge on any atom is -0.508 e. The molecule has 5 fully saturated rings. The molecule has 4 aliphatic heterocycles. The van der Waals surface area contributed by atoms with Crippen LogP contribution in [0.4, 0.5) is 23.4 Å². The van der Waals surface area contributed by atoms with Crippen LogP contribution in [0.1, 0.15) is 51.4 Å². The number of rotatable bonds is 7. The lowest BCUT2D eigenvalue weighted by atomic mass is 9.95. The minimum absolute atomic E-state index is 0.0267. The Hall–Kier alpha value is -3.74. The molecule has 4 unspecified atom stereocenters. The molecule has 9 rings (SSSR count). The Kier molecular flexibility index (Phi) is 7.04. The van der Waals surface area contributed by atoms with E-state index in [0.29, 0.717) is 37.6 Å². The number of aromatic nitrogens is 2. The average molecular weight is 664 g/mol. The lowest BCUT2D eigenvalue weighted by Gasteiger charge is -2.39. The smallest absolute Gasteiger partial charge is 0.319 e. The van der Waals surface area contributed by atoms with E-state index in [4.69, 9.17) is 9.72 Å². The Morgan fingerprint density at radius 3 is 2.33 bits per heavy atom. The summed E-state index contributed by atoms with van der Waals surface area (Å²) >= 11 is 0. The second-order valence-electron chi connectivity index (χ2n) is 14.7. The molecule has 8 nitrogen and oxygen atoms in total. The minimum atomic E-state index is -1.27. The van der Waals surface area contributed by atoms with Gasteiger partial charge >= 0.3 is 6.01 Å². The molecule has 4 aromatic rings. The van der Waals surface area contributed by atoms with Crippen LogP contribution >= 0.6 is 0 Å². The number of phenols is 1. The summed E-state index contributed by atoms with van der Waals surface area (Å²) in [7, 11) is 0. The highest BCUT2D eigenvalue weighted by atomic mass is 19.2. The van der Waals surface area contributed by atoms with E-state index in [0.717, 1.165) is 76.1 Å². The van der Waals surface area contributed by atoms with Gasteiger partial charge in [-0.3, -0.25) is 4.90 Å². The first kappa shape index (κ1) is 30.3. The quantitative estimate of drug-likeness (QED) is 0.214. The van der Waals surface area contributed by atoms with E-state index in [1.165, 1.54) is 12.1 Å². The molecule has 48 heavy (non-hydrogen) atoms. The van der Waals surface area contributed by atoms with Crippen LogP contribution in [0.2, 0.25) is 0 Å². The molecule has 1 saturated carbocycles. The van der Waals surface area contributed by atoms with Crippen molar-refractivity contribution in [3.63, 3.8) is 0 Å². The summed E-state index contributed by atoms with van der Waals surface area (Å²) in [5.41, 5.74) is -1.23. The standard InChI is InChI=1S/C36H37F4N5O3/c37-27-6-1-18-9-23(46)12-25(29(18)31(27)39)30-28(38)13-26-33(32(30)40)42-35(43-34(26)44-14-19-2-3-20(15-44)41-19)48-17-36(7-8-36)16-45-21-4-5-22(45)11-24(47)10-21/h1,6,9,12-13,19-22,24,41,46-47H,2-5,7-8,10-11,14-17H2. The normalized spacial score (nSPS) is 27.7. The van der Waals surface area contributed by atoms with Crippen molar-refractivity contribution in [3.8, 4) is 22.9 Å². The summed E-state index contributed by atoms with van der Waals surface area (Å²) in [5, 5.41) is 24.2. The van der Waals surface area contributed by atoms with Crippen molar-refractivity contribution in [1.29, 1.82) is 0 Å². The number of piperidine rings is 1. The number of anilines is 1. The molecule has 5 heterocycles. The van der Waals surface area contributed by atoms with E-state index in [2.05, 4.69) is 15.2 Å². The topological polar surface area (TPSA) is 94.0 Å². The zero-order valence-electron chi connectivity index (χ0n) is 26.4. The number of nitrogens with zero attached hydrogens (tertiary/aromatic N) is 4. The molecule has 4 atom stereocenters. The van der Waals surface area contributed by atoms with E-state index in [1.54, 1.807) is 0 Å². The van der Waals surface area contributed by atoms with Gasteiger partial charge in [-0.05, 0) is 81.0 Å². The highest BCUT2D eigenvalue weighted by Gasteiger charge is 2.50. The lowest BCUT2D eigenvalue weighted by molar-refractivity contribution is 0.0182. The van der Waals surface area contributed by atoms with Gasteiger partial charge in [0.1, 0.15) is 22.9 Å². The van der Waals surface area contributed by atoms with Crippen molar-refractivity contribution in [2.24, 2.45) is 5.41 Å². The maximum absolute atomic E-state index is 16.8. The van der Waals surface area contributed by atoms with Crippen LogP contribution in [0.25, 0.3) is 32.8 Å². The zero-order valence-corrected chi connectivity index (χ0v) is 26.4. The summed E-state index contributed by atoms with van der Waals surface area (Å²) in [5.74, 6) is -4.51. The highest BCUT2D eigenvalue weighted by Crippen LogP contribution is 2.50. The number of aromatic hydroxyl groups is 1. The first-order valence-corrected chi connectivity index (χ1v) is 17.0. The molecule has 5 aliphatic rings. The summed E-state index contributed by atoms with van der Waals surface area (Å²) in [6, 6.07) is 6.72. The number of phenolic OH excluding ortho intramolecular Hbond substituents is 1. The van der Waals surface area contributed by atoms with Crippen LogP contribution in [0, 0.1) is 28.7 Å². The third-order valence-corrected chi connectivity index (χ3v) is 11.5. The Bertz CT molecular complexity index is 1930. The number of halogens is 4. The number of aliphatic hydroxyl groups excluding tert-OH is 1. The Morgan fingerprint density at radius 2 is 1.62 bits per heavy atom. The first-order valence-electron chi connectivity index (χ1n) is 17.0. The third kappa shape index (κ3) is 5.06. The molecular weight excluding hydrogens is 626 g/mol. The second-order valence-corrected chi connectivity index (χ2v) is 14.7. The summed E-state index contributed by atoms with van der Waals surface area (Å²) in [6.07, 6.45) is 7.45. The molecule has 4 bridgehead atoms. The molecule has 0 radical (unpaired) electrons. The van der Waals surface area contributed by atoms with Crippen molar-refractivity contribution in [2.75, 3.05) is 31.1 Å². The van der Waals surface area contributed by atoms with Gasteiger partial charge in [-0.1, -0.05) is 6.07 Å². The predicted molar refractivity (Wildman–Crippen MR) is 172 cm³/mol. The Labute approximate surface area is 274 Å². The van der Waals surface area contributed by atoms with Gasteiger partial charge in [0, 0.05) is 65.6 Å². The van der Waals surface area contributed by atoms with Crippen LogP contribution in [0.15, 0.2) is 30.3 Å². The third-order valence-electron chi connectivity index (χ3n) is 11.5. The molecule has 252 valence electrons. The van der Waals surface area contributed by atoms with Crippen LogP contribution in [0.3, 0.4) is 0 Å². The van der Waals surface area contributed by atoms with Crippen LogP contribution in [0.5, 0.6) is 11.8 Å². The average Bonchev–Trinajstić information content (AvgIpc) is 3.69. The number of ether oxygens (including phenoxy) is 1. The van der Waals surface area contributed by atoms with Gasteiger partial charge in [-0.15, -0.1) is 0 Å². The number of benzene rings is 3. The molecule has 1 aliphatic carbocycles. The molecular formula is C36H37F4N5O3. The second kappa shape index (κ2) is 11.1. The van der Waals surface area contributed by atoms with Gasteiger partial charge in [-0.25, -0.2) is 17.6 Å². The molecule has 4 saturated heterocycles. The fraction of sp³-hybridized carbons (Fsp3) is 0.500. The molecule has 3 N–H and O–H groups in total. The maximum atomic E-state index is 16.8. The van der Waals surface area contributed by atoms with Crippen LogP contribution < -0.4 is 15.0 Å². The number of hydrogen-bond donors (Lipinski definition) is 3. The van der Waals surface area contributed by atoms with Crippen molar-refractivity contribution in [2.45, 2.75) is 81.6 Å². The van der Waals surface area contributed by atoms with Gasteiger partial charge in [0.25, 0.3) is 0 Å². The first-order chi connectivity index (χ1) is 23.1. The van der Waals surface area contributed by atoms with Gasteiger partial charge < -0.3 is 25.2 Å². The fourth-order valence-electron chi connectivity index (χ4n) is 8.89. The van der Waals surface area contributed by atoms with Crippen molar-refractivity contribution >= 4 is 27.5 Å². The molecule has 12 heteroatoms. The van der Waals surface area contributed by atoms with E-state index in [9.17, 15) is 14.6 Å². The SMILES string of the molecule is Oc1cc(-c2c(F)cc3c(N4CC5CCC(C4)N5)nc(OCC4(CN5C6CCC5CC(O)C6)CC4)nc3c2F)c2c(F)c(F)ccc2c1.